The molecule has 0 radical (unpaired) electrons. The number of nitrogens with zero attached hydrogens (tertiary/aromatic N) is 4. The molecule has 0 spiro atoms. The number of pyridine rings is 1. The van der Waals surface area contributed by atoms with E-state index in [2.05, 4.69) is 49.7 Å². The summed E-state index contributed by atoms with van der Waals surface area (Å²) in [4.78, 5) is 16.5. The second kappa shape index (κ2) is 5.88. The molecule has 0 aromatic carbocycles. The van der Waals surface area contributed by atoms with Gasteiger partial charge in [-0.05, 0) is 36.6 Å². The third kappa shape index (κ3) is 2.67. The summed E-state index contributed by atoms with van der Waals surface area (Å²) in [6, 6.07) is 2.16. The highest BCUT2D eigenvalue weighted by atomic mass is 15.2. The Morgan fingerprint density at radius 3 is 2.71 bits per heavy atom. The maximum atomic E-state index is 4.42. The molecule has 4 heterocycles. The smallest absolute Gasteiger partial charge is 0.318 e. The fourth-order valence-corrected chi connectivity index (χ4v) is 2.80. The van der Waals surface area contributed by atoms with E-state index in [4.69, 9.17) is 0 Å². The molecule has 0 atom stereocenters. The number of fused-ring (bicyclic) bond motifs is 1. The van der Waals surface area contributed by atoms with Crippen molar-refractivity contribution < 1.29 is 4.58 Å². The Bertz CT molecular complexity index is 949. The third-order valence-corrected chi connectivity index (χ3v) is 4.16. The molecule has 0 unspecified atom stereocenters. The number of anilines is 1. The number of H-pyrrole nitrogens is 1. The van der Waals surface area contributed by atoms with Crippen LogP contribution in [0.2, 0.25) is 0 Å². The van der Waals surface area contributed by atoms with Gasteiger partial charge < -0.3 is 4.98 Å². The molecule has 0 bridgehead atoms. The highest BCUT2D eigenvalue weighted by molar-refractivity contribution is 6.01. The first-order chi connectivity index (χ1) is 11.7. The number of aryl methyl sites for hydroxylation is 1. The van der Waals surface area contributed by atoms with Crippen LogP contribution in [-0.2, 0) is 6.42 Å². The van der Waals surface area contributed by atoms with Crippen molar-refractivity contribution in [1.29, 1.82) is 0 Å². The lowest BCUT2D eigenvalue weighted by atomic mass is 10.1. The highest BCUT2D eigenvalue weighted by Gasteiger charge is 2.17. The van der Waals surface area contributed by atoms with E-state index in [0.29, 0.717) is 5.95 Å². The minimum absolute atomic E-state index is 0.619. The minimum atomic E-state index is 0.619. The molecule has 120 valence electrons. The van der Waals surface area contributed by atoms with Crippen LogP contribution in [0.4, 0.5) is 5.95 Å². The van der Waals surface area contributed by atoms with Crippen molar-refractivity contribution in [3.8, 4) is 0 Å². The molecule has 2 N–H and O–H groups in total. The molecule has 6 heteroatoms. The lowest BCUT2D eigenvalue weighted by Crippen LogP contribution is -2.29. The Labute approximate surface area is 140 Å². The van der Waals surface area contributed by atoms with E-state index < -0.39 is 0 Å². The zero-order valence-electron chi connectivity index (χ0n) is 13.7. The van der Waals surface area contributed by atoms with Crippen molar-refractivity contribution in [2.45, 2.75) is 20.3 Å². The van der Waals surface area contributed by atoms with E-state index in [-0.39, 0.29) is 0 Å². The quantitative estimate of drug-likeness (QED) is 0.725. The normalized spacial score (nSPS) is 13.4. The van der Waals surface area contributed by atoms with Gasteiger partial charge in [0.25, 0.3) is 5.84 Å². The number of amidine groups is 1. The SMILES string of the molecule is CC[N+]1=C(Nc2ncc(Cc3c[nH]c4ncc(C)cc34)cn2)C=C1. The van der Waals surface area contributed by atoms with E-state index in [9.17, 15) is 0 Å². The van der Waals surface area contributed by atoms with Crippen molar-refractivity contribution in [1.82, 2.24) is 19.9 Å². The van der Waals surface area contributed by atoms with Crippen LogP contribution < -0.4 is 5.32 Å². The van der Waals surface area contributed by atoms with Crippen LogP contribution in [0.1, 0.15) is 23.6 Å². The van der Waals surface area contributed by atoms with E-state index in [1.54, 1.807) is 0 Å². The second-order valence-electron chi connectivity index (χ2n) is 5.93. The van der Waals surface area contributed by atoms with Gasteiger partial charge in [0.05, 0.1) is 18.8 Å². The first-order valence-corrected chi connectivity index (χ1v) is 8.05. The Morgan fingerprint density at radius 2 is 2.00 bits per heavy atom. The minimum Gasteiger partial charge on any atom is -0.346 e. The van der Waals surface area contributed by atoms with E-state index in [1.165, 1.54) is 5.56 Å². The van der Waals surface area contributed by atoms with Crippen LogP contribution in [-0.4, -0.2) is 36.9 Å². The summed E-state index contributed by atoms with van der Waals surface area (Å²) in [7, 11) is 0. The lowest BCUT2D eigenvalue weighted by molar-refractivity contribution is -0.462. The third-order valence-electron chi connectivity index (χ3n) is 4.16. The fourth-order valence-electron chi connectivity index (χ4n) is 2.80. The average molecular weight is 319 g/mol. The van der Waals surface area contributed by atoms with Crippen molar-refractivity contribution >= 4 is 22.8 Å². The molecule has 0 saturated heterocycles. The Morgan fingerprint density at radius 1 is 1.17 bits per heavy atom. The van der Waals surface area contributed by atoms with Crippen LogP contribution in [0.5, 0.6) is 0 Å². The molecule has 6 nitrogen and oxygen atoms in total. The molecule has 4 rings (SSSR count). The molecule has 3 aromatic heterocycles. The van der Waals surface area contributed by atoms with Crippen LogP contribution in [0.25, 0.3) is 11.0 Å². The summed E-state index contributed by atoms with van der Waals surface area (Å²) >= 11 is 0. The summed E-state index contributed by atoms with van der Waals surface area (Å²) in [5.74, 6) is 1.65. The van der Waals surface area contributed by atoms with Gasteiger partial charge >= 0.3 is 5.95 Å². The highest BCUT2D eigenvalue weighted by Crippen LogP contribution is 2.20. The van der Waals surface area contributed by atoms with Crippen LogP contribution in [0.3, 0.4) is 0 Å². The second-order valence-corrected chi connectivity index (χ2v) is 5.93. The molecular weight excluding hydrogens is 300 g/mol. The maximum Gasteiger partial charge on any atom is 0.318 e. The molecule has 1 aliphatic heterocycles. The number of aromatic amines is 1. The van der Waals surface area contributed by atoms with Gasteiger partial charge in [-0.3, -0.25) is 0 Å². The van der Waals surface area contributed by atoms with Gasteiger partial charge in [0.2, 0.25) is 0 Å². The number of nitrogens with one attached hydrogen (secondary N) is 2. The first-order valence-electron chi connectivity index (χ1n) is 8.05. The molecule has 24 heavy (non-hydrogen) atoms. The predicted molar refractivity (Wildman–Crippen MR) is 94.2 cm³/mol. The molecule has 0 amide bonds. The van der Waals surface area contributed by atoms with E-state index in [0.717, 1.165) is 41.0 Å². The zero-order chi connectivity index (χ0) is 16.5. The predicted octanol–water partition coefficient (Wildman–Crippen LogP) is 2.62. The number of hydrogen-bond acceptors (Lipinski definition) is 4. The molecule has 0 saturated carbocycles. The summed E-state index contributed by atoms with van der Waals surface area (Å²) in [5.41, 5.74) is 4.36. The average Bonchev–Trinajstić information content (AvgIpc) is 2.96. The molecule has 1 aliphatic rings. The Hall–Kier alpha value is -3.02. The Balaban J connectivity index is 1.52. The largest absolute Gasteiger partial charge is 0.346 e. The van der Waals surface area contributed by atoms with E-state index in [1.807, 2.05) is 37.1 Å². The van der Waals surface area contributed by atoms with Gasteiger partial charge in [-0.2, -0.15) is 9.97 Å². The van der Waals surface area contributed by atoms with Gasteiger partial charge in [-0.1, -0.05) is 0 Å². The fraction of sp³-hybridized carbons (Fsp3) is 0.222. The number of hydrogen-bond donors (Lipinski definition) is 2. The summed E-state index contributed by atoms with van der Waals surface area (Å²) in [5, 5.41) is 4.38. The Kier molecular flexibility index (Phi) is 3.57. The number of aromatic nitrogens is 4. The number of rotatable bonds is 4. The van der Waals surface area contributed by atoms with Gasteiger partial charge in [0.15, 0.2) is 0 Å². The lowest BCUT2D eigenvalue weighted by Gasteiger charge is -2.09. The van der Waals surface area contributed by atoms with Crippen LogP contribution in [0.15, 0.2) is 43.1 Å². The maximum absolute atomic E-state index is 4.42. The zero-order valence-corrected chi connectivity index (χ0v) is 13.7. The van der Waals surface area contributed by atoms with Crippen molar-refractivity contribution in [2.75, 3.05) is 11.9 Å². The molecular formula is C18H19N6+. The topological polar surface area (TPSA) is 69.5 Å². The molecule has 0 fully saturated rings. The van der Waals surface area contributed by atoms with Gasteiger partial charge in [0.1, 0.15) is 5.65 Å². The van der Waals surface area contributed by atoms with Crippen molar-refractivity contribution in [3.63, 3.8) is 0 Å². The summed E-state index contributed by atoms with van der Waals surface area (Å²) in [6.45, 7) is 5.09. The van der Waals surface area contributed by atoms with Crippen LogP contribution >= 0.6 is 0 Å². The summed E-state index contributed by atoms with van der Waals surface area (Å²) in [6.07, 6.45) is 12.5. The van der Waals surface area contributed by atoms with Crippen LogP contribution in [0, 0.1) is 6.92 Å². The summed E-state index contributed by atoms with van der Waals surface area (Å²) < 4.78 is 2.11. The first kappa shape index (κ1) is 14.6. The molecule has 0 aliphatic carbocycles. The monoisotopic (exact) mass is 319 g/mol. The van der Waals surface area contributed by atoms with Crippen molar-refractivity contribution in [3.05, 3.63) is 59.8 Å². The van der Waals surface area contributed by atoms with Gasteiger partial charge in [-0.25, -0.2) is 14.9 Å². The van der Waals surface area contributed by atoms with E-state index >= 15 is 0 Å². The van der Waals surface area contributed by atoms with Gasteiger partial charge in [-0.15, -0.1) is 0 Å². The van der Waals surface area contributed by atoms with Gasteiger partial charge in [0, 0.05) is 36.6 Å². The molecule has 3 aromatic rings. The van der Waals surface area contributed by atoms with Crippen molar-refractivity contribution in [2.24, 2.45) is 0 Å². The standard InChI is InChI=1S/C18H18N6/c1-3-24-5-4-16(24)23-18-21-9-13(10-22-18)7-14-11-20-17-15(14)6-12(2)8-19-17/h4-6,8-11H,3,7H2,1-2H3,(H,19,20)/p+1.